The van der Waals surface area contributed by atoms with Crippen molar-refractivity contribution in [3.8, 4) is 0 Å². The van der Waals surface area contributed by atoms with E-state index in [1.54, 1.807) is 19.3 Å². The Bertz CT molecular complexity index is 1150. The molecule has 1 aromatic carbocycles. The standard InChI is InChI=1S/C18H14N4O3/c1-10-14(15-17(24)21-9-22-18(15)25-10)16(23)20-8-12-4-2-3-11-7-19-6-5-13(11)12/h2-7,9H,8H2,1H3,(H,20,23)(H,21,22,24). The van der Waals surface area contributed by atoms with E-state index in [9.17, 15) is 9.59 Å². The second-order valence-corrected chi connectivity index (χ2v) is 5.64. The molecule has 7 nitrogen and oxygen atoms in total. The van der Waals surface area contributed by atoms with Crippen molar-refractivity contribution >= 4 is 27.8 Å². The van der Waals surface area contributed by atoms with Gasteiger partial charge in [0.2, 0.25) is 5.71 Å². The van der Waals surface area contributed by atoms with E-state index in [0.29, 0.717) is 12.3 Å². The van der Waals surface area contributed by atoms with Gasteiger partial charge in [0, 0.05) is 24.3 Å². The maximum absolute atomic E-state index is 12.6. The summed E-state index contributed by atoms with van der Waals surface area (Å²) in [6.45, 7) is 1.96. The van der Waals surface area contributed by atoms with Crippen LogP contribution in [0.4, 0.5) is 0 Å². The number of rotatable bonds is 3. The molecule has 0 radical (unpaired) electrons. The minimum absolute atomic E-state index is 0.155. The third kappa shape index (κ3) is 2.55. The van der Waals surface area contributed by atoms with E-state index < -0.39 is 5.56 Å². The van der Waals surface area contributed by atoms with Crippen LogP contribution in [0.15, 0.2) is 52.2 Å². The summed E-state index contributed by atoms with van der Waals surface area (Å²) in [5, 5.41) is 5.04. The highest BCUT2D eigenvalue weighted by atomic mass is 16.3. The first-order chi connectivity index (χ1) is 12.1. The van der Waals surface area contributed by atoms with Gasteiger partial charge in [0.15, 0.2) is 0 Å². The number of hydrogen-bond acceptors (Lipinski definition) is 5. The quantitative estimate of drug-likeness (QED) is 0.599. The number of pyridine rings is 1. The molecule has 7 heteroatoms. The second-order valence-electron chi connectivity index (χ2n) is 5.64. The molecule has 0 aliphatic heterocycles. The average molecular weight is 334 g/mol. The van der Waals surface area contributed by atoms with Crippen LogP contribution < -0.4 is 10.9 Å². The van der Waals surface area contributed by atoms with Gasteiger partial charge in [-0.05, 0) is 23.9 Å². The van der Waals surface area contributed by atoms with Gasteiger partial charge in [0.1, 0.15) is 11.1 Å². The van der Waals surface area contributed by atoms with Crippen molar-refractivity contribution in [3.63, 3.8) is 0 Å². The first-order valence-electron chi connectivity index (χ1n) is 7.72. The molecule has 0 saturated heterocycles. The van der Waals surface area contributed by atoms with Crippen molar-refractivity contribution in [1.82, 2.24) is 20.3 Å². The van der Waals surface area contributed by atoms with E-state index in [0.717, 1.165) is 16.3 Å². The molecule has 25 heavy (non-hydrogen) atoms. The van der Waals surface area contributed by atoms with Crippen LogP contribution in [-0.2, 0) is 6.54 Å². The van der Waals surface area contributed by atoms with Crippen LogP contribution >= 0.6 is 0 Å². The van der Waals surface area contributed by atoms with Crippen LogP contribution in [-0.4, -0.2) is 20.9 Å². The van der Waals surface area contributed by atoms with Crippen LogP contribution in [0.25, 0.3) is 21.9 Å². The fourth-order valence-electron chi connectivity index (χ4n) is 2.93. The van der Waals surface area contributed by atoms with Crippen LogP contribution in [0.1, 0.15) is 21.7 Å². The van der Waals surface area contributed by atoms with E-state index in [2.05, 4.69) is 20.3 Å². The topological polar surface area (TPSA) is 101 Å². The number of amides is 1. The fraction of sp³-hybridized carbons (Fsp3) is 0.111. The minimum atomic E-state index is -0.400. The highest BCUT2D eigenvalue weighted by Gasteiger charge is 2.21. The number of aromatic nitrogens is 3. The Kier molecular flexibility index (Phi) is 3.53. The lowest BCUT2D eigenvalue weighted by Gasteiger charge is -2.08. The van der Waals surface area contributed by atoms with E-state index in [4.69, 9.17) is 4.42 Å². The van der Waals surface area contributed by atoms with Gasteiger partial charge >= 0.3 is 0 Å². The van der Waals surface area contributed by atoms with Gasteiger partial charge in [-0.2, -0.15) is 0 Å². The molecule has 4 rings (SSSR count). The van der Waals surface area contributed by atoms with Gasteiger partial charge in [0.05, 0.1) is 11.9 Å². The van der Waals surface area contributed by atoms with Crippen molar-refractivity contribution in [2.24, 2.45) is 0 Å². The summed E-state index contributed by atoms with van der Waals surface area (Å²) in [5.41, 5.74) is 0.933. The molecule has 0 bridgehead atoms. The SMILES string of the molecule is Cc1oc2nc[nH]c(=O)c2c1C(=O)NCc1cccc2cnccc12. The van der Waals surface area contributed by atoms with E-state index in [1.807, 2.05) is 24.3 Å². The third-order valence-corrected chi connectivity index (χ3v) is 4.11. The van der Waals surface area contributed by atoms with Gasteiger partial charge < -0.3 is 14.7 Å². The Morgan fingerprint density at radius 1 is 1.32 bits per heavy atom. The molecule has 3 aromatic heterocycles. The molecule has 124 valence electrons. The number of hydrogen-bond donors (Lipinski definition) is 2. The van der Waals surface area contributed by atoms with Crippen LogP contribution in [0, 0.1) is 6.92 Å². The first kappa shape index (κ1) is 15.1. The monoisotopic (exact) mass is 334 g/mol. The molecule has 0 aliphatic rings. The summed E-state index contributed by atoms with van der Waals surface area (Å²) in [4.78, 5) is 35.2. The number of carbonyl (C=O) groups is 1. The molecule has 0 unspecified atom stereocenters. The largest absolute Gasteiger partial charge is 0.442 e. The lowest BCUT2D eigenvalue weighted by atomic mass is 10.1. The van der Waals surface area contributed by atoms with Crippen molar-refractivity contribution < 1.29 is 9.21 Å². The zero-order valence-corrected chi connectivity index (χ0v) is 13.4. The smallest absolute Gasteiger partial charge is 0.262 e. The zero-order chi connectivity index (χ0) is 17.4. The van der Waals surface area contributed by atoms with Gasteiger partial charge in [-0.1, -0.05) is 18.2 Å². The first-order valence-corrected chi connectivity index (χ1v) is 7.72. The summed E-state index contributed by atoms with van der Waals surface area (Å²) < 4.78 is 5.42. The summed E-state index contributed by atoms with van der Waals surface area (Å²) in [5.74, 6) is -0.0142. The van der Waals surface area contributed by atoms with Gasteiger partial charge in [-0.3, -0.25) is 14.6 Å². The highest BCUT2D eigenvalue weighted by molar-refractivity contribution is 6.06. The van der Waals surface area contributed by atoms with Crippen molar-refractivity contribution in [1.29, 1.82) is 0 Å². The Labute approximate surface area is 141 Å². The predicted octanol–water partition coefficient (Wildman–Crippen LogP) is 2.30. The molecule has 0 saturated carbocycles. The third-order valence-electron chi connectivity index (χ3n) is 4.11. The maximum atomic E-state index is 12.6. The number of aromatic amines is 1. The summed E-state index contributed by atoms with van der Waals surface area (Å²) in [6.07, 6.45) is 4.74. The maximum Gasteiger partial charge on any atom is 0.262 e. The molecule has 1 amide bonds. The van der Waals surface area contributed by atoms with Crippen molar-refractivity contribution in [2.75, 3.05) is 0 Å². The lowest BCUT2D eigenvalue weighted by Crippen LogP contribution is -2.24. The van der Waals surface area contributed by atoms with Crippen molar-refractivity contribution in [2.45, 2.75) is 13.5 Å². The van der Waals surface area contributed by atoms with Gasteiger partial charge in [0.25, 0.3) is 11.5 Å². The molecule has 0 atom stereocenters. The Morgan fingerprint density at radius 2 is 2.20 bits per heavy atom. The molecule has 0 spiro atoms. The minimum Gasteiger partial charge on any atom is -0.442 e. The number of nitrogens with zero attached hydrogens (tertiary/aromatic N) is 2. The summed E-state index contributed by atoms with van der Waals surface area (Å²) in [6, 6.07) is 7.73. The van der Waals surface area contributed by atoms with E-state index in [-0.39, 0.29) is 22.6 Å². The number of nitrogens with one attached hydrogen (secondary N) is 2. The number of fused-ring (bicyclic) bond motifs is 2. The Hall–Kier alpha value is -3.48. The zero-order valence-electron chi connectivity index (χ0n) is 13.4. The number of H-pyrrole nitrogens is 1. The fourth-order valence-corrected chi connectivity index (χ4v) is 2.93. The lowest BCUT2D eigenvalue weighted by molar-refractivity contribution is 0.0951. The number of benzene rings is 1. The Morgan fingerprint density at radius 3 is 3.08 bits per heavy atom. The normalized spacial score (nSPS) is 11.1. The molecule has 0 aliphatic carbocycles. The number of carbonyl (C=O) groups excluding carboxylic acids is 1. The average Bonchev–Trinajstić information content (AvgIpc) is 2.97. The van der Waals surface area contributed by atoms with E-state index >= 15 is 0 Å². The molecular weight excluding hydrogens is 320 g/mol. The van der Waals surface area contributed by atoms with Crippen LogP contribution in [0.2, 0.25) is 0 Å². The summed E-state index contributed by atoms with van der Waals surface area (Å²) in [7, 11) is 0. The molecule has 2 N–H and O–H groups in total. The Balaban J connectivity index is 1.67. The number of aryl methyl sites for hydroxylation is 1. The molecule has 0 fully saturated rings. The van der Waals surface area contributed by atoms with E-state index in [1.165, 1.54) is 6.33 Å². The molecular formula is C18H14N4O3. The molecule has 4 aromatic rings. The van der Waals surface area contributed by atoms with Crippen LogP contribution in [0.5, 0.6) is 0 Å². The highest BCUT2D eigenvalue weighted by Crippen LogP contribution is 2.21. The number of furan rings is 1. The second kappa shape index (κ2) is 5.86. The van der Waals surface area contributed by atoms with Gasteiger partial charge in [-0.25, -0.2) is 4.98 Å². The van der Waals surface area contributed by atoms with Gasteiger partial charge in [-0.15, -0.1) is 0 Å². The van der Waals surface area contributed by atoms with Crippen molar-refractivity contribution in [3.05, 3.63) is 70.2 Å². The van der Waals surface area contributed by atoms with Crippen LogP contribution in [0.3, 0.4) is 0 Å². The summed E-state index contributed by atoms with van der Waals surface area (Å²) >= 11 is 0. The predicted molar refractivity (Wildman–Crippen MR) is 92.3 cm³/mol. The molecule has 3 heterocycles.